The first-order valence-corrected chi connectivity index (χ1v) is 8.79. The van der Waals surface area contributed by atoms with Gasteiger partial charge in [0.15, 0.2) is 5.69 Å². The van der Waals surface area contributed by atoms with Crippen LogP contribution in [0.1, 0.15) is 67.6 Å². The molecule has 120 valence electrons. The lowest BCUT2D eigenvalue weighted by Crippen LogP contribution is -2.48. The Morgan fingerprint density at radius 3 is 2.77 bits per heavy atom. The van der Waals surface area contributed by atoms with Crippen molar-refractivity contribution in [1.29, 1.82) is 0 Å². The first-order valence-electron chi connectivity index (χ1n) is 8.79. The van der Waals surface area contributed by atoms with Crippen LogP contribution in [0, 0.1) is 0 Å². The number of hydrogen-bond acceptors (Lipinski definition) is 4. The summed E-state index contributed by atoms with van der Waals surface area (Å²) in [5, 5.41) is 4.04. The highest BCUT2D eigenvalue weighted by Crippen LogP contribution is 2.40. The molecule has 1 aromatic heterocycles. The smallest absolute Gasteiger partial charge is 0.276 e. The van der Waals surface area contributed by atoms with Crippen LogP contribution >= 0.6 is 0 Å². The number of likely N-dealkylation sites (tertiary alicyclic amines) is 2. The maximum absolute atomic E-state index is 12.9. The van der Waals surface area contributed by atoms with Gasteiger partial charge in [0.2, 0.25) is 0 Å². The normalized spacial score (nSPS) is 29.4. The van der Waals surface area contributed by atoms with Gasteiger partial charge in [-0.1, -0.05) is 12.1 Å². The maximum Gasteiger partial charge on any atom is 0.276 e. The van der Waals surface area contributed by atoms with E-state index in [1.54, 1.807) is 0 Å². The molecule has 1 aliphatic carbocycles. The number of carbonyl (C=O) groups is 1. The Hall–Kier alpha value is -1.36. The molecule has 1 amide bonds. The van der Waals surface area contributed by atoms with Crippen LogP contribution in [0.2, 0.25) is 0 Å². The van der Waals surface area contributed by atoms with Crippen LogP contribution in [0.5, 0.6) is 0 Å². The van der Waals surface area contributed by atoms with Gasteiger partial charge >= 0.3 is 0 Å². The summed E-state index contributed by atoms with van der Waals surface area (Å²) in [5.41, 5.74) is 0.509. The van der Waals surface area contributed by atoms with Gasteiger partial charge in [-0.25, -0.2) is 0 Å². The second-order valence-electron chi connectivity index (χ2n) is 6.94. The zero-order valence-corrected chi connectivity index (χ0v) is 13.3. The summed E-state index contributed by atoms with van der Waals surface area (Å²) in [7, 11) is 0. The summed E-state index contributed by atoms with van der Waals surface area (Å²) >= 11 is 0. The number of hydrogen-bond donors (Lipinski definition) is 0. The molecule has 3 aliphatic rings. The van der Waals surface area contributed by atoms with Crippen LogP contribution in [0.25, 0.3) is 0 Å². The molecule has 0 N–H and O–H groups in total. The van der Waals surface area contributed by atoms with Crippen LogP contribution < -0.4 is 0 Å². The van der Waals surface area contributed by atoms with Crippen molar-refractivity contribution in [2.75, 3.05) is 19.6 Å². The van der Waals surface area contributed by atoms with Crippen LogP contribution in [0.4, 0.5) is 0 Å². The third kappa shape index (κ3) is 2.45. The Bertz CT molecular complexity index is 552. The Morgan fingerprint density at radius 2 is 2.00 bits per heavy atom. The fourth-order valence-electron chi connectivity index (χ4n) is 4.22. The Morgan fingerprint density at radius 1 is 1.23 bits per heavy atom. The van der Waals surface area contributed by atoms with E-state index < -0.39 is 0 Å². The molecular formula is C17H25N3O2. The number of amides is 1. The van der Waals surface area contributed by atoms with Gasteiger partial charge in [-0.05, 0) is 51.6 Å². The Balaban J connectivity index is 1.50. The molecule has 2 aliphatic heterocycles. The number of carbonyl (C=O) groups excluding carboxylic acids is 1. The Kier molecular flexibility index (Phi) is 3.68. The molecule has 4 rings (SSSR count). The molecule has 22 heavy (non-hydrogen) atoms. The number of rotatable bonds is 4. The van der Waals surface area contributed by atoms with Crippen molar-refractivity contribution in [2.45, 2.75) is 63.5 Å². The van der Waals surface area contributed by atoms with Crippen molar-refractivity contribution < 1.29 is 9.32 Å². The van der Waals surface area contributed by atoms with E-state index in [-0.39, 0.29) is 5.91 Å². The molecule has 0 bridgehead atoms. The molecule has 2 saturated heterocycles. The predicted molar refractivity (Wildman–Crippen MR) is 82.8 cm³/mol. The molecule has 3 heterocycles. The summed E-state index contributed by atoms with van der Waals surface area (Å²) in [6.45, 7) is 5.34. The molecule has 5 heteroatoms. The van der Waals surface area contributed by atoms with E-state index in [4.69, 9.17) is 4.52 Å². The van der Waals surface area contributed by atoms with Gasteiger partial charge in [0.05, 0.1) is 0 Å². The number of nitrogens with zero attached hydrogens (tertiary/aromatic N) is 3. The topological polar surface area (TPSA) is 49.6 Å². The molecule has 3 fully saturated rings. The van der Waals surface area contributed by atoms with Gasteiger partial charge in [0.25, 0.3) is 5.91 Å². The SMILES string of the molecule is CCN1CCC[C@H]1[C@@H]1CCCN1C(=O)c1cc(C2CC2)on1. The lowest BCUT2D eigenvalue weighted by Gasteiger charge is -2.34. The highest BCUT2D eigenvalue weighted by atomic mass is 16.5. The highest BCUT2D eigenvalue weighted by molar-refractivity contribution is 5.92. The lowest BCUT2D eigenvalue weighted by molar-refractivity contribution is 0.0639. The molecule has 1 saturated carbocycles. The van der Waals surface area contributed by atoms with E-state index in [0.717, 1.165) is 31.7 Å². The summed E-state index contributed by atoms with van der Waals surface area (Å²) < 4.78 is 5.36. The quantitative estimate of drug-likeness (QED) is 0.858. The summed E-state index contributed by atoms with van der Waals surface area (Å²) in [6, 6.07) is 2.77. The van der Waals surface area contributed by atoms with E-state index in [0.29, 0.717) is 23.7 Å². The molecule has 2 atom stereocenters. The molecule has 0 spiro atoms. The standard InChI is InChI=1S/C17H25N3O2/c1-2-19-9-3-5-14(19)15-6-4-10-20(15)17(21)13-11-16(22-18-13)12-7-8-12/h11-12,14-15H,2-10H2,1H3/t14-,15-/m0/s1. The van der Waals surface area contributed by atoms with E-state index in [1.807, 2.05) is 6.07 Å². The molecule has 0 radical (unpaired) electrons. The third-order valence-corrected chi connectivity index (χ3v) is 5.55. The van der Waals surface area contributed by atoms with Crippen molar-refractivity contribution in [2.24, 2.45) is 0 Å². The summed E-state index contributed by atoms with van der Waals surface area (Å²) in [6.07, 6.45) is 7.05. The van der Waals surface area contributed by atoms with Crippen LogP contribution in [-0.4, -0.2) is 52.6 Å². The highest BCUT2D eigenvalue weighted by Gasteiger charge is 2.40. The first kappa shape index (κ1) is 14.2. The monoisotopic (exact) mass is 303 g/mol. The number of likely N-dealkylation sites (N-methyl/N-ethyl adjacent to an activating group) is 1. The van der Waals surface area contributed by atoms with Crippen LogP contribution in [0.3, 0.4) is 0 Å². The fraction of sp³-hybridized carbons (Fsp3) is 0.765. The second kappa shape index (κ2) is 5.69. The molecule has 0 aromatic carbocycles. The fourth-order valence-corrected chi connectivity index (χ4v) is 4.22. The van der Waals surface area contributed by atoms with Gasteiger partial charge in [-0.2, -0.15) is 0 Å². The number of aromatic nitrogens is 1. The average Bonchev–Trinajstić information content (AvgIpc) is 3.01. The minimum atomic E-state index is 0.0705. The molecule has 5 nitrogen and oxygen atoms in total. The van der Waals surface area contributed by atoms with Gasteiger partial charge < -0.3 is 9.42 Å². The van der Waals surface area contributed by atoms with Crippen molar-refractivity contribution in [3.8, 4) is 0 Å². The zero-order valence-electron chi connectivity index (χ0n) is 13.3. The molecular weight excluding hydrogens is 278 g/mol. The molecule has 0 unspecified atom stereocenters. The average molecular weight is 303 g/mol. The second-order valence-corrected chi connectivity index (χ2v) is 6.94. The van der Waals surface area contributed by atoms with Crippen molar-refractivity contribution in [3.05, 3.63) is 17.5 Å². The minimum Gasteiger partial charge on any atom is -0.360 e. The van der Waals surface area contributed by atoms with Gasteiger partial charge in [-0.15, -0.1) is 0 Å². The maximum atomic E-state index is 12.9. The van der Waals surface area contributed by atoms with Crippen molar-refractivity contribution in [3.63, 3.8) is 0 Å². The Labute approximate surface area is 131 Å². The van der Waals surface area contributed by atoms with Gasteiger partial charge in [0, 0.05) is 30.6 Å². The largest absolute Gasteiger partial charge is 0.360 e. The lowest BCUT2D eigenvalue weighted by atomic mass is 10.0. The minimum absolute atomic E-state index is 0.0705. The summed E-state index contributed by atoms with van der Waals surface area (Å²) in [4.78, 5) is 17.4. The predicted octanol–water partition coefficient (Wildman–Crippen LogP) is 2.64. The molecule has 1 aromatic rings. The van der Waals surface area contributed by atoms with E-state index >= 15 is 0 Å². The third-order valence-electron chi connectivity index (χ3n) is 5.55. The van der Waals surface area contributed by atoms with E-state index in [9.17, 15) is 4.79 Å². The summed E-state index contributed by atoms with van der Waals surface area (Å²) in [5.74, 6) is 1.48. The van der Waals surface area contributed by atoms with E-state index in [2.05, 4.69) is 21.9 Å². The first-order chi connectivity index (χ1) is 10.8. The van der Waals surface area contributed by atoms with E-state index in [1.165, 1.54) is 32.2 Å². The zero-order chi connectivity index (χ0) is 15.1. The van der Waals surface area contributed by atoms with Crippen LogP contribution in [0.15, 0.2) is 10.6 Å². The van der Waals surface area contributed by atoms with Crippen molar-refractivity contribution in [1.82, 2.24) is 15.0 Å². The van der Waals surface area contributed by atoms with Crippen molar-refractivity contribution >= 4 is 5.91 Å². The van der Waals surface area contributed by atoms with Gasteiger partial charge in [-0.3, -0.25) is 9.69 Å². The van der Waals surface area contributed by atoms with Gasteiger partial charge in [0.1, 0.15) is 5.76 Å². The van der Waals surface area contributed by atoms with Crippen LogP contribution in [-0.2, 0) is 0 Å².